The number of nitrogens with zero attached hydrogens (tertiary/aromatic N) is 1. The minimum absolute atomic E-state index is 0.00301. The summed E-state index contributed by atoms with van der Waals surface area (Å²) in [5, 5.41) is 9.39. The van der Waals surface area contributed by atoms with Crippen molar-refractivity contribution in [2.45, 2.75) is 25.3 Å². The van der Waals surface area contributed by atoms with Crippen LogP contribution in [0.25, 0.3) is 0 Å². The van der Waals surface area contributed by atoms with Gasteiger partial charge in [0.05, 0.1) is 0 Å². The Morgan fingerprint density at radius 3 is 2.70 bits per heavy atom. The molecule has 1 saturated heterocycles. The van der Waals surface area contributed by atoms with Crippen molar-refractivity contribution < 1.29 is 9.90 Å². The number of carboxylic acid groups (broad SMARTS) is 1. The Labute approximate surface area is 133 Å². The Morgan fingerprint density at radius 2 is 2.15 bits per heavy atom. The highest BCUT2D eigenvalue weighted by atomic mass is 32.2. The SMILES string of the molecule is CCSC(=S)N1[C@@H](c2ccc(C)cc2)SC[C@H]1C(=O)O. The number of thioether (sulfide) groups is 2. The molecule has 108 valence electrons. The average molecular weight is 327 g/mol. The van der Waals surface area contributed by atoms with Crippen molar-refractivity contribution in [3.8, 4) is 0 Å². The first kappa shape index (κ1) is 15.7. The predicted molar refractivity (Wildman–Crippen MR) is 90.4 cm³/mol. The van der Waals surface area contributed by atoms with E-state index in [1.165, 1.54) is 17.3 Å². The molecule has 0 spiro atoms. The van der Waals surface area contributed by atoms with Crippen LogP contribution in [0.5, 0.6) is 0 Å². The average Bonchev–Trinajstić information content (AvgIpc) is 2.84. The fraction of sp³-hybridized carbons (Fsp3) is 0.429. The van der Waals surface area contributed by atoms with Gasteiger partial charge in [-0.3, -0.25) is 0 Å². The Morgan fingerprint density at radius 1 is 1.50 bits per heavy atom. The van der Waals surface area contributed by atoms with Crippen molar-refractivity contribution in [3.63, 3.8) is 0 Å². The maximum Gasteiger partial charge on any atom is 0.327 e. The van der Waals surface area contributed by atoms with Crippen LogP contribution in [-0.2, 0) is 4.79 Å². The van der Waals surface area contributed by atoms with E-state index in [4.69, 9.17) is 12.2 Å². The standard InChI is InChI=1S/C14H17NO2S3/c1-3-19-14(18)15-11(13(16)17)8-20-12(15)10-6-4-9(2)5-7-10/h4-7,11-12H,3,8H2,1-2H3,(H,16,17)/t11-,12+/m0/s1. The lowest BCUT2D eigenvalue weighted by Crippen LogP contribution is -2.41. The van der Waals surface area contributed by atoms with Crippen LogP contribution < -0.4 is 0 Å². The van der Waals surface area contributed by atoms with Crippen LogP contribution in [0.1, 0.15) is 23.4 Å². The zero-order valence-corrected chi connectivity index (χ0v) is 13.9. The minimum atomic E-state index is -0.800. The van der Waals surface area contributed by atoms with Crippen LogP contribution in [0.3, 0.4) is 0 Å². The quantitative estimate of drug-likeness (QED) is 0.857. The highest BCUT2D eigenvalue weighted by Gasteiger charge is 2.40. The summed E-state index contributed by atoms with van der Waals surface area (Å²) < 4.78 is 0.676. The number of hydrogen-bond acceptors (Lipinski definition) is 4. The number of carboxylic acids is 1. The van der Waals surface area contributed by atoms with Crippen LogP contribution in [0.4, 0.5) is 0 Å². The zero-order valence-electron chi connectivity index (χ0n) is 11.4. The van der Waals surface area contributed by atoms with Crippen LogP contribution >= 0.6 is 35.7 Å². The molecular weight excluding hydrogens is 310 g/mol. The van der Waals surface area contributed by atoms with Gasteiger partial charge in [0.2, 0.25) is 0 Å². The third-order valence-corrected chi connectivity index (χ3v) is 5.76. The van der Waals surface area contributed by atoms with Gasteiger partial charge in [0.1, 0.15) is 15.7 Å². The first-order valence-corrected chi connectivity index (χ1v) is 8.85. The van der Waals surface area contributed by atoms with Crippen LogP contribution in [0, 0.1) is 6.92 Å². The first-order valence-electron chi connectivity index (χ1n) is 6.40. The molecule has 3 nitrogen and oxygen atoms in total. The van der Waals surface area contributed by atoms with E-state index in [1.54, 1.807) is 11.8 Å². The van der Waals surface area contributed by atoms with Gasteiger partial charge < -0.3 is 10.0 Å². The topological polar surface area (TPSA) is 40.5 Å². The summed E-state index contributed by atoms with van der Waals surface area (Å²) in [6.07, 6.45) is 0. The lowest BCUT2D eigenvalue weighted by atomic mass is 10.1. The fourth-order valence-electron chi connectivity index (χ4n) is 2.11. The predicted octanol–water partition coefficient (Wildman–Crippen LogP) is 3.53. The molecule has 0 unspecified atom stereocenters. The van der Waals surface area contributed by atoms with Crippen molar-refractivity contribution in [1.82, 2.24) is 4.90 Å². The maximum absolute atomic E-state index is 11.4. The van der Waals surface area contributed by atoms with Gasteiger partial charge in [-0.2, -0.15) is 0 Å². The Bertz CT molecular complexity index is 504. The lowest BCUT2D eigenvalue weighted by Gasteiger charge is -2.29. The Kier molecular flexibility index (Phi) is 5.35. The van der Waals surface area contributed by atoms with Crippen LogP contribution in [-0.4, -0.2) is 37.8 Å². The van der Waals surface area contributed by atoms with E-state index in [2.05, 4.69) is 24.3 Å². The summed E-state index contributed by atoms with van der Waals surface area (Å²) >= 11 is 8.60. The molecule has 1 fully saturated rings. The summed E-state index contributed by atoms with van der Waals surface area (Å²) in [6, 6.07) is 7.70. The molecule has 1 aliphatic heterocycles. The molecule has 1 aliphatic rings. The van der Waals surface area contributed by atoms with E-state index in [0.717, 1.165) is 11.3 Å². The summed E-state index contributed by atoms with van der Waals surface area (Å²) in [4.78, 5) is 13.3. The molecule has 1 heterocycles. The second-order valence-corrected chi connectivity index (χ2v) is 7.57. The molecule has 0 amide bonds. The Hall–Kier alpha value is -0.720. The first-order chi connectivity index (χ1) is 9.54. The molecule has 0 saturated carbocycles. The number of carbonyl (C=O) groups is 1. The molecule has 1 aromatic carbocycles. The summed E-state index contributed by atoms with van der Waals surface area (Å²) in [7, 11) is 0. The molecule has 0 radical (unpaired) electrons. The van der Waals surface area contributed by atoms with E-state index < -0.39 is 12.0 Å². The smallest absolute Gasteiger partial charge is 0.327 e. The van der Waals surface area contributed by atoms with E-state index in [9.17, 15) is 9.90 Å². The highest BCUT2D eigenvalue weighted by Crippen LogP contribution is 2.43. The van der Waals surface area contributed by atoms with Gasteiger partial charge in [-0.15, -0.1) is 11.8 Å². The van der Waals surface area contributed by atoms with E-state index >= 15 is 0 Å². The van der Waals surface area contributed by atoms with Gasteiger partial charge in [0.25, 0.3) is 0 Å². The van der Waals surface area contributed by atoms with Crippen molar-refractivity contribution in [2.75, 3.05) is 11.5 Å². The molecular formula is C14H17NO2S3. The van der Waals surface area contributed by atoms with Gasteiger partial charge in [0, 0.05) is 5.75 Å². The maximum atomic E-state index is 11.4. The normalized spacial score (nSPS) is 22.0. The van der Waals surface area contributed by atoms with Crippen molar-refractivity contribution >= 4 is 46.0 Å². The second-order valence-electron chi connectivity index (χ2n) is 4.56. The molecule has 0 bridgehead atoms. The van der Waals surface area contributed by atoms with Crippen molar-refractivity contribution in [3.05, 3.63) is 35.4 Å². The monoisotopic (exact) mass is 327 g/mol. The summed E-state index contributed by atoms with van der Waals surface area (Å²) in [5.74, 6) is 0.622. The molecule has 1 N–H and O–H groups in total. The highest BCUT2D eigenvalue weighted by molar-refractivity contribution is 8.23. The number of aliphatic carboxylic acids is 1. The number of hydrogen-bond donors (Lipinski definition) is 1. The summed E-state index contributed by atoms with van der Waals surface area (Å²) in [5.41, 5.74) is 2.31. The molecule has 0 aromatic heterocycles. The lowest BCUT2D eigenvalue weighted by molar-refractivity contribution is -0.140. The van der Waals surface area contributed by atoms with Gasteiger partial charge in [-0.25, -0.2) is 4.79 Å². The van der Waals surface area contributed by atoms with Crippen LogP contribution in [0.15, 0.2) is 24.3 Å². The molecule has 20 heavy (non-hydrogen) atoms. The number of benzene rings is 1. The van der Waals surface area contributed by atoms with Crippen molar-refractivity contribution in [2.24, 2.45) is 0 Å². The largest absolute Gasteiger partial charge is 0.480 e. The summed E-state index contributed by atoms with van der Waals surface area (Å²) in [6.45, 7) is 4.07. The minimum Gasteiger partial charge on any atom is -0.480 e. The third kappa shape index (κ3) is 3.30. The zero-order chi connectivity index (χ0) is 14.7. The van der Waals surface area contributed by atoms with E-state index in [0.29, 0.717) is 10.1 Å². The fourth-order valence-corrected chi connectivity index (χ4v) is 4.88. The molecule has 1 aromatic rings. The molecule has 2 rings (SSSR count). The second kappa shape index (κ2) is 6.83. The molecule has 2 atom stereocenters. The number of rotatable bonds is 3. The van der Waals surface area contributed by atoms with E-state index in [-0.39, 0.29) is 5.37 Å². The van der Waals surface area contributed by atoms with Gasteiger partial charge in [0.15, 0.2) is 0 Å². The molecule has 6 heteroatoms. The van der Waals surface area contributed by atoms with Gasteiger partial charge >= 0.3 is 5.97 Å². The number of aryl methyl sites for hydroxylation is 1. The molecule has 0 aliphatic carbocycles. The van der Waals surface area contributed by atoms with Gasteiger partial charge in [-0.05, 0) is 18.2 Å². The van der Waals surface area contributed by atoms with Crippen molar-refractivity contribution in [1.29, 1.82) is 0 Å². The van der Waals surface area contributed by atoms with E-state index in [1.807, 2.05) is 18.7 Å². The third-order valence-electron chi connectivity index (χ3n) is 3.13. The van der Waals surface area contributed by atoms with Gasteiger partial charge in [-0.1, -0.05) is 60.7 Å². The Balaban J connectivity index is 2.29. The number of thiocarbonyl (C=S) groups is 1. The van der Waals surface area contributed by atoms with Crippen LogP contribution in [0.2, 0.25) is 0 Å².